The molecule has 0 spiro atoms. The second-order valence-corrected chi connectivity index (χ2v) is 3.64. The van der Waals surface area contributed by atoms with Gasteiger partial charge in [0.1, 0.15) is 5.60 Å². The summed E-state index contributed by atoms with van der Waals surface area (Å²) in [6.07, 6.45) is 0.843. The van der Waals surface area contributed by atoms with Crippen LogP contribution < -0.4 is 0 Å². The average molecular weight is 189 g/mol. The van der Waals surface area contributed by atoms with Crippen LogP contribution in [0.15, 0.2) is 5.11 Å². The van der Waals surface area contributed by atoms with E-state index in [-0.39, 0.29) is 8.82 Å². The summed E-state index contributed by atoms with van der Waals surface area (Å²) < 4.78 is 5.04. The van der Waals surface area contributed by atoms with Crippen LogP contribution in [0.25, 0.3) is 10.4 Å². The lowest BCUT2D eigenvalue weighted by atomic mass is 10.2. The second kappa shape index (κ2) is 5.43. The molecule has 5 nitrogen and oxygen atoms in total. The van der Waals surface area contributed by atoms with Crippen LogP contribution in [0.5, 0.6) is 0 Å². The van der Waals surface area contributed by atoms with E-state index in [0.29, 0.717) is 19.4 Å². The Hall–Kier alpha value is -1.22. The highest BCUT2D eigenvalue weighted by atomic mass is 16.6. The molecule has 0 saturated heterocycles. The quantitative estimate of drug-likeness (QED) is 0.224. The topological polar surface area (TPSA) is 75.1 Å². The molecule has 5 heteroatoms. The maximum Gasteiger partial charge on any atom is 0.306 e. The van der Waals surface area contributed by atoms with Crippen LogP contribution in [0.2, 0.25) is 0 Å². The number of ether oxygens (including phenoxy) is 1. The molecule has 0 bridgehead atoms. The van der Waals surface area contributed by atoms with E-state index in [4.69, 9.17) is 10.3 Å². The van der Waals surface area contributed by atoms with Crippen LogP contribution in [-0.2, 0) is 9.53 Å². The lowest BCUT2D eigenvalue weighted by Crippen LogP contribution is -2.23. The van der Waals surface area contributed by atoms with E-state index >= 15 is 0 Å². The van der Waals surface area contributed by atoms with E-state index in [1.54, 1.807) is 0 Å². The third-order valence-corrected chi connectivity index (χ3v) is 1.12. The van der Waals surface area contributed by atoms with Crippen LogP contribution in [0.1, 0.15) is 36.5 Å². The third-order valence-electron chi connectivity index (χ3n) is 1.12. The van der Waals surface area contributed by atoms with Gasteiger partial charge in [-0.25, -0.2) is 0 Å². The summed E-state index contributed by atoms with van der Waals surface area (Å²) >= 11 is 0. The van der Waals surface area contributed by atoms with E-state index in [9.17, 15) is 4.79 Å². The lowest BCUT2D eigenvalue weighted by molar-refractivity contribution is -0.154. The molecule has 0 aliphatic carbocycles. The molecule has 0 rings (SSSR count). The summed E-state index contributed by atoms with van der Waals surface area (Å²) in [7, 11) is 0. The minimum absolute atomic E-state index is 0. The molecule has 0 aromatic carbocycles. The maximum atomic E-state index is 11.1. The fourth-order valence-electron chi connectivity index (χ4n) is 0.731. The minimum atomic E-state index is -0.435. The summed E-state index contributed by atoms with van der Waals surface area (Å²) in [5, 5.41) is 3.31. The van der Waals surface area contributed by atoms with E-state index in [2.05, 4.69) is 10.0 Å². The van der Waals surface area contributed by atoms with Gasteiger partial charge in [0.05, 0.1) is 0 Å². The van der Waals surface area contributed by atoms with E-state index in [1.807, 2.05) is 20.8 Å². The van der Waals surface area contributed by atoms with E-state index in [1.165, 1.54) is 0 Å². The first kappa shape index (κ1) is 11.8. The summed E-state index contributed by atoms with van der Waals surface area (Å²) in [4.78, 5) is 13.6. The number of azide groups is 1. The molecule has 0 aromatic rings. The normalized spacial score (nSPS) is 10.4. The smallest absolute Gasteiger partial charge is 0.306 e. The predicted octanol–water partition coefficient (Wildman–Crippen LogP) is 2.91. The highest BCUT2D eigenvalue weighted by molar-refractivity contribution is 5.69. The second-order valence-electron chi connectivity index (χ2n) is 3.64. The van der Waals surface area contributed by atoms with Gasteiger partial charge in [0, 0.05) is 20.7 Å². The van der Waals surface area contributed by atoms with Crippen molar-refractivity contribution in [1.29, 1.82) is 0 Å². The first-order valence-corrected chi connectivity index (χ1v) is 4.18. The number of nitrogens with zero attached hydrogens (tertiary/aromatic N) is 3. The number of hydrogen-bond acceptors (Lipinski definition) is 3. The zero-order chi connectivity index (χ0) is 10.3. The third kappa shape index (κ3) is 8.69. The van der Waals surface area contributed by atoms with Gasteiger partial charge in [-0.05, 0) is 32.7 Å². The minimum Gasteiger partial charge on any atom is -0.460 e. The molecule has 0 atom stereocenters. The largest absolute Gasteiger partial charge is 0.460 e. The van der Waals surface area contributed by atoms with Crippen LogP contribution in [0.4, 0.5) is 0 Å². The zero-order valence-electron chi connectivity index (χ0n) is 8.28. The van der Waals surface area contributed by atoms with Crippen molar-refractivity contribution in [3.8, 4) is 0 Å². The highest BCUT2D eigenvalue weighted by Crippen LogP contribution is 2.08. The SMILES string of the molecule is CC(C)(C)OC(=O)CCCN=[N+]=[N-].[HH].[HH]. The Morgan fingerprint density at radius 1 is 1.62 bits per heavy atom. The van der Waals surface area contributed by atoms with Gasteiger partial charge >= 0.3 is 5.97 Å². The molecule has 0 aromatic heterocycles. The molecule has 0 heterocycles. The van der Waals surface area contributed by atoms with Crippen molar-refractivity contribution in [1.82, 2.24) is 0 Å². The van der Waals surface area contributed by atoms with E-state index in [0.717, 1.165) is 0 Å². The molecule has 78 valence electrons. The van der Waals surface area contributed by atoms with Gasteiger partial charge in [-0.3, -0.25) is 4.79 Å². The van der Waals surface area contributed by atoms with Gasteiger partial charge in [-0.1, -0.05) is 5.11 Å². The Morgan fingerprint density at radius 3 is 2.69 bits per heavy atom. The molecule has 13 heavy (non-hydrogen) atoms. The maximum absolute atomic E-state index is 11.1. The monoisotopic (exact) mass is 189 g/mol. The molecule has 0 amide bonds. The first-order valence-electron chi connectivity index (χ1n) is 4.18. The number of rotatable bonds is 4. The van der Waals surface area contributed by atoms with Gasteiger partial charge in [-0.15, -0.1) is 0 Å². The summed E-state index contributed by atoms with van der Waals surface area (Å²) in [6, 6.07) is 0. The van der Waals surface area contributed by atoms with Gasteiger partial charge in [0.25, 0.3) is 0 Å². The molecule has 0 aliphatic heterocycles. The Bertz CT molecular complexity index is 222. The predicted molar refractivity (Wildman–Crippen MR) is 53.3 cm³/mol. The highest BCUT2D eigenvalue weighted by Gasteiger charge is 2.15. The molecular weight excluding hydrogens is 170 g/mol. The molecular formula is C8H19N3O2. The number of esters is 1. The standard InChI is InChI=1S/C8H15N3O2.2H2/c1-8(2,3)13-7(12)5-4-6-10-11-9;;/h4-6H2,1-3H3;2*1H. The van der Waals surface area contributed by atoms with Crippen molar-refractivity contribution in [3.05, 3.63) is 10.4 Å². The Balaban J connectivity index is -0.000000720. The van der Waals surface area contributed by atoms with Crippen molar-refractivity contribution in [2.75, 3.05) is 6.54 Å². The van der Waals surface area contributed by atoms with Gasteiger partial charge in [-0.2, -0.15) is 0 Å². The Kier molecular flexibility index (Phi) is 4.92. The van der Waals surface area contributed by atoms with Gasteiger partial charge in [0.2, 0.25) is 0 Å². The number of carbonyl (C=O) groups is 1. The summed E-state index contributed by atoms with van der Waals surface area (Å²) in [5.74, 6) is -0.249. The van der Waals surface area contributed by atoms with Crippen molar-refractivity contribution in [2.24, 2.45) is 5.11 Å². The molecule has 0 fully saturated rings. The molecule has 0 unspecified atom stereocenters. The van der Waals surface area contributed by atoms with Crippen molar-refractivity contribution in [2.45, 2.75) is 39.2 Å². The number of carbonyl (C=O) groups excluding carboxylic acids is 1. The van der Waals surface area contributed by atoms with Gasteiger partial charge < -0.3 is 4.74 Å². The van der Waals surface area contributed by atoms with Crippen molar-refractivity contribution >= 4 is 5.97 Å². The first-order chi connectivity index (χ1) is 5.95. The van der Waals surface area contributed by atoms with Gasteiger partial charge in [0.15, 0.2) is 0 Å². The molecule has 0 radical (unpaired) electrons. The zero-order valence-corrected chi connectivity index (χ0v) is 8.28. The van der Waals surface area contributed by atoms with Crippen molar-refractivity contribution < 1.29 is 12.4 Å². The lowest BCUT2D eigenvalue weighted by Gasteiger charge is -2.19. The number of hydrogen-bond donors (Lipinski definition) is 0. The van der Waals surface area contributed by atoms with Crippen molar-refractivity contribution in [3.63, 3.8) is 0 Å². The summed E-state index contributed by atoms with van der Waals surface area (Å²) in [6.45, 7) is 5.80. The van der Waals surface area contributed by atoms with Crippen LogP contribution in [-0.4, -0.2) is 18.1 Å². The van der Waals surface area contributed by atoms with Crippen LogP contribution >= 0.6 is 0 Å². The van der Waals surface area contributed by atoms with E-state index < -0.39 is 5.60 Å². The fraction of sp³-hybridized carbons (Fsp3) is 0.875. The van der Waals surface area contributed by atoms with Crippen LogP contribution in [0, 0.1) is 0 Å². The molecule has 0 N–H and O–H groups in total. The molecule has 0 aliphatic rings. The molecule has 0 saturated carbocycles. The summed E-state index contributed by atoms with van der Waals surface area (Å²) in [5.41, 5.74) is 7.53. The van der Waals surface area contributed by atoms with Crippen LogP contribution in [0.3, 0.4) is 0 Å². The average Bonchev–Trinajstić information content (AvgIpc) is 1.94. The fourth-order valence-corrected chi connectivity index (χ4v) is 0.731. The Labute approximate surface area is 80.7 Å². The Morgan fingerprint density at radius 2 is 2.23 bits per heavy atom.